The molecule has 1 aliphatic heterocycles. The van der Waals surface area contributed by atoms with Gasteiger partial charge in [0.05, 0.1) is 6.04 Å². The number of nitrogens with zero attached hydrogens (tertiary/aromatic N) is 1. The van der Waals surface area contributed by atoms with Crippen molar-refractivity contribution in [3.8, 4) is 0 Å². The van der Waals surface area contributed by atoms with Crippen molar-refractivity contribution in [3.05, 3.63) is 69.7 Å². The summed E-state index contributed by atoms with van der Waals surface area (Å²) in [5.41, 5.74) is 1.92. The highest BCUT2D eigenvalue weighted by Crippen LogP contribution is 2.40. The number of rotatable bonds is 9. The van der Waals surface area contributed by atoms with Gasteiger partial charge < -0.3 is 15.0 Å². The van der Waals surface area contributed by atoms with Crippen LogP contribution < -0.4 is 5.32 Å². The summed E-state index contributed by atoms with van der Waals surface area (Å²) in [6, 6.07) is 14.8. The lowest BCUT2D eigenvalue weighted by atomic mass is 9.92. The van der Waals surface area contributed by atoms with Crippen LogP contribution in [0.5, 0.6) is 0 Å². The monoisotopic (exact) mass is 462 g/mol. The van der Waals surface area contributed by atoms with E-state index < -0.39 is 0 Å². The standard InChI is InChI=1S/C24H28Cl2N2O3/c1-2-14-27-21(29)5-3-4-15-28-22(30)16-31-24(18-8-12-20(26)13-9-18)23(28)17-6-10-19(25)11-7-17/h6-13,23-24H,2-5,14-16H2,1H3,(H,27,29)/t23-,24+/m0/s1. The zero-order valence-corrected chi connectivity index (χ0v) is 19.2. The Hall–Kier alpha value is -2.08. The van der Waals surface area contributed by atoms with Crippen LogP contribution in [0.15, 0.2) is 48.5 Å². The molecule has 1 N–H and O–H groups in total. The molecule has 0 unspecified atom stereocenters. The van der Waals surface area contributed by atoms with Crippen LogP contribution in [0.25, 0.3) is 0 Å². The Morgan fingerprint density at radius 1 is 1.03 bits per heavy atom. The molecule has 2 atom stereocenters. The molecule has 7 heteroatoms. The lowest BCUT2D eigenvalue weighted by Crippen LogP contribution is -2.46. The number of ether oxygens (including phenoxy) is 1. The van der Waals surface area contributed by atoms with Gasteiger partial charge in [-0.2, -0.15) is 0 Å². The van der Waals surface area contributed by atoms with Crippen LogP contribution in [0.1, 0.15) is 55.9 Å². The molecule has 31 heavy (non-hydrogen) atoms. The minimum absolute atomic E-state index is 0.0222. The maximum absolute atomic E-state index is 12.8. The van der Waals surface area contributed by atoms with Crippen LogP contribution in [-0.4, -0.2) is 36.4 Å². The first-order valence-electron chi connectivity index (χ1n) is 10.7. The van der Waals surface area contributed by atoms with Crippen LogP contribution >= 0.6 is 23.2 Å². The third-order valence-electron chi connectivity index (χ3n) is 5.36. The second kappa shape index (κ2) is 11.5. The van der Waals surface area contributed by atoms with E-state index in [1.165, 1.54) is 0 Å². The molecule has 0 bridgehead atoms. The number of benzene rings is 2. The first-order valence-corrected chi connectivity index (χ1v) is 11.4. The van der Waals surface area contributed by atoms with Gasteiger partial charge in [-0.1, -0.05) is 54.4 Å². The molecule has 2 amide bonds. The maximum Gasteiger partial charge on any atom is 0.249 e. The van der Waals surface area contributed by atoms with E-state index in [1.807, 2.05) is 60.4 Å². The van der Waals surface area contributed by atoms with Gasteiger partial charge in [-0.15, -0.1) is 0 Å². The zero-order valence-electron chi connectivity index (χ0n) is 17.7. The highest BCUT2D eigenvalue weighted by Gasteiger charge is 2.38. The maximum atomic E-state index is 12.8. The van der Waals surface area contributed by atoms with Crippen molar-refractivity contribution >= 4 is 35.0 Å². The Bertz CT molecular complexity index is 871. The van der Waals surface area contributed by atoms with Crippen molar-refractivity contribution in [1.29, 1.82) is 0 Å². The fourth-order valence-corrected chi connectivity index (χ4v) is 4.04. The molecule has 3 rings (SSSR count). The van der Waals surface area contributed by atoms with Gasteiger partial charge in [-0.25, -0.2) is 0 Å². The van der Waals surface area contributed by atoms with E-state index in [0.717, 1.165) is 30.4 Å². The highest BCUT2D eigenvalue weighted by molar-refractivity contribution is 6.30. The number of amides is 2. The number of nitrogens with one attached hydrogen (secondary N) is 1. The third-order valence-corrected chi connectivity index (χ3v) is 5.87. The predicted octanol–water partition coefficient (Wildman–Crippen LogP) is 5.33. The van der Waals surface area contributed by atoms with E-state index in [4.69, 9.17) is 27.9 Å². The normalized spacial score (nSPS) is 18.8. The van der Waals surface area contributed by atoms with E-state index in [2.05, 4.69) is 5.32 Å². The minimum atomic E-state index is -0.316. The molecule has 2 aromatic rings. The van der Waals surface area contributed by atoms with Crippen LogP contribution in [0.4, 0.5) is 0 Å². The minimum Gasteiger partial charge on any atom is -0.361 e. The molecule has 1 saturated heterocycles. The average molecular weight is 463 g/mol. The molecule has 2 aromatic carbocycles. The summed E-state index contributed by atoms with van der Waals surface area (Å²) >= 11 is 12.2. The number of hydrogen-bond donors (Lipinski definition) is 1. The number of morpholine rings is 1. The second-order valence-corrected chi connectivity index (χ2v) is 8.55. The van der Waals surface area contributed by atoms with Crippen LogP contribution in [0.3, 0.4) is 0 Å². The summed E-state index contributed by atoms with van der Waals surface area (Å²) < 4.78 is 6.00. The van der Waals surface area contributed by atoms with Gasteiger partial charge in [0, 0.05) is 29.6 Å². The summed E-state index contributed by atoms with van der Waals surface area (Å²) in [6.07, 6.45) is 2.53. The summed E-state index contributed by atoms with van der Waals surface area (Å²) in [6.45, 7) is 3.30. The first kappa shape index (κ1) is 23.6. The molecule has 1 heterocycles. The van der Waals surface area contributed by atoms with Crippen molar-refractivity contribution in [2.24, 2.45) is 0 Å². The molecule has 5 nitrogen and oxygen atoms in total. The van der Waals surface area contributed by atoms with E-state index in [1.54, 1.807) is 0 Å². The van der Waals surface area contributed by atoms with E-state index >= 15 is 0 Å². The molecule has 0 aromatic heterocycles. The Balaban J connectivity index is 1.77. The van der Waals surface area contributed by atoms with Crippen molar-refractivity contribution in [2.75, 3.05) is 19.7 Å². The van der Waals surface area contributed by atoms with Crippen LogP contribution in [0.2, 0.25) is 10.0 Å². The van der Waals surface area contributed by atoms with E-state index in [0.29, 0.717) is 29.6 Å². The Morgan fingerprint density at radius 2 is 1.65 bits per heavy atom. The average Bonchev–Trinajstić information content (AvgIpc) is 2.77. The first-order chi connectivity index (χ1) is 15.0. The molecular weight excluding hydrogens is 435 g/mol. The van der Waals surface area contributed by atoms with E-state index in [9.17, 15) is 9.59 Å². The molecule has 0 saturated carbocycles. The Morgan fingerprint density at radius 3 is 2.26 bits per heavy atom. The second-order valence-electron chi connectivity index (χ2n) is 7.67. The summed E-state index contributed by atoms with van der Waals surface area (Å²) in [5, 5.41) is 4.18. The van der Waals surface area contributed by atoms with Crippen molar-refractivity contribution in [3.63, 3.8) is 0 Å². The molecule has 0 radical (unpaired) electrons. The summed E-state index contributed by atoms with van der Waals surface area (Å²) in [4.78, 5) is 26.6. The summed E-state index contributed by atoms with van der Waals surface area (Å²) in [7, 11) is 0. The lowest BCUT2D eigenvalue weighted by Gasteiger charge is -2.41. The van der Waals surface area contributed by atoms with Gasteiger partial charge in [-0.05, 0) is 54.7 Å². The van der Waals surface area contributed by atoms with Crippen LogP contribution in [0, 0.1) is 0 Å². The molecule has 0 spiro atoms. The zero-order chi connectivity index (χ0) is 22.2. The summed E-state index contributed by atoms with van der Waals surface area (Å²) in [5.74, 6) is 0.00374. The molecule has 1 fully saturated rings. The number of carbonyl (C=O) groups is 2. The number of halogens is 2. The van der Waals surface area contributed by atoms with E-state index in [-0.39, 0.29) is 30.6 Å². The van der Waals surface area contributed by atoms with Crippen LogP contribution in [-0.2, 0) is 14.3 Å². The molecule has 166 valence electrons. The number of hydrogen-bond acceptors (Lipinski definition) is 3. The largest absolute Gasteiger partial charge is 0.361 e. The third kappa shape index (κ3) is 6.45. The molecule has 1 aliphatic rings. The van der Waals surface area contributed by atoms with Crippen molar-refractivity contribution in [2.45, 2.75) is 44.8 Å². The predicted molar refractivity (Wildman–Crippen MR) is 123 cm³/mol. The van der Waals surface area contributed by atoms with Gasteiger partial charge in [0.2, 0.25) is 11.8 Å². The fraction of sp³-hybridized carbons (Fsp3) is 0.417. The van der Waals surface area contributed by atoms with Gasteiger partial charge >= 0.3 is 0 Å². The quantitative estimate of drug-likeness (QED) is 0.512. The van der Waals surface area contributed by atoms with Gasteiger partial charge in [0.1, 0.15) is 12.7 Å². The van der Waals surface area contributed by atoms with Crippen molar-refractivity contribution < 1.29 is 14.3 Å². The molecular formula is C24H28Cl2N2O3. The van der Waals surface area contributed by atoms with Gasteiger partial charge in [0.25, 0.3) is 0 Å². The van der Waals surface area contributed by atoms with Crippen molar-refractivity contribution in [1.82, 2.24) is 10.2 Å². The SMILES string of the molecule is CCCNC(=O)CCCCN1C(=O)CO[C@H](c2ccc(Cl)cc2)[C@@H]1c1ccc(Cl)cc1. The Labute approximate surface area is 193 Å². The Kier molecular flexibility index (Phi) is 8.76. The molecule has 0 aliphatic carbocycles. The topological polar surface area (TPSA) is 58.6 Å². The number of unbranched alkanes of at least 4 members (excludes halogenated alkanes) is 1. The van der Waals surface area contributed by atoms with Gasteiger partial charge in [0.15, 0.2) is 0 Å². The highest BCUT2D eigenvalue weighted by atomic mass is 35.5. The smallest absolute Gasteiger partial charge is 0.249 e. The fourth-order valence-electron chi connectivity index (χ4n) is 3.78. The lowest BCUT2D eigenvalue weighted by molar-refractivity contribution is -0.158. The van der Waals surface area contributed by atoms with Gasteiger partial charge in [-0.3, -0.25) is 9.59 Å². The number of carbonyl (C=O) groups excluding carboxylic acids is 2.